The molecular formula is C7H11ClN4. The Kier molecular flexibility index (Phi) is 2.38. The lowest BCUT2D eigenvalue weighted by atomic mass is 10.5. The quantitative estimate of drug-likeness (QED) is 0.654. The molecule has 0 amide bonds. The molecule has 1 N–H and O–H groups in total. The predicted molar refractivity (Wildman–Crippen MR) is 48.4 cm³/mol. The second-order valence-electron chi connectivity index (χ2n) is 2.71. The highest BCUT2D eigenvalue weighted by molar-refractivity contribution is 6.29. The maximum absolute atomic E-state index is 7.44. The predicted octanol–water partition coefficient (Wildman–Crippen LogP) is 0.619. The number of anilines is 1. The van der Waals surface area contributed by atoms with Crippen LogP contribution in [0.4, 0.5) is 5.82 Å². The molecule has 0 bridgehead atoms. The first-order valence-corrected chi connectivity index (χ1v) is 3.85. The summed E-state index contributed by atoms with van der Waals surface area (Å²) in [6.07, 6.45) is 0. The molecule has 0 atom stereocenters. The Morgan fingerprint density at radius 1 is 1.58 bits per heavy atom. The van der Waals surface area contributed by atoms with Gasteiger partial charge in [0.15, 0.2) is 0 Å². The Morgan fingerprint density at radius 3 is 2.58 bits per heavy atom. The summed E-state index contributed by atoms with van der Waals surface area (Å²) in [5.74, 6) is 0.697. The van der Waals surface area contributed by atoms with Crippen molar-refractivity contribution in [2.75, 3.05) is 19.0 Å². The molecule has 66 valence electrons. The van der Waals surface area contributed by atoms with Gasteiger partial charge in [0.25, 0.3) is 0 Å². The second-order valence-corrected chi connectivity index (χ2v) is 3.10. The summed E-state index contributed by atoms with van der Waals surface area (Å²) in [5.41, 5.74) is 0.159. The smallest absolute Gasteiger partial charge is 0.224 e. The molecule has 0 aliphatic rings. The van der Waals surface area contributed by atoms with Crippen LogP contribution in [0.5, 0.6) is 0 Å². The molecule has 4 nitrogen and oxygen atoms in total. The minimum atomic E-state index is 0.159. The Balaban J connectivity index is 3.31. The molecule has 1 aromatic rings. The summed E-state index contributed by atoms with van der Waals surface area (Å²) in [6.45, 7) is 0. The summed E-state index contributed by atoms with van der Waals surface area (Å²) in [5, 5.41) is 7.95. The fourth-order valence-corrected chi connectivity index (χ4v) is 0.927. The molecule has 1 rings (SSSR count). The molecular weight excluding hydrogens is 176 g/mol. The Labute approximate surface area is 75.9 Å². The molecule has 0 aliphatic carbocycles. The second kappa shape index (κ2) is 3.15. The highest BCUT2D eigenvalue weighted by Gasteiger charge is 2.01. The zero-order valence-corrected chi connectivity index (χ0v) is 8.05. The van der Waals surface area contributed by atoms with E-state index in [0.29, 0.717) is 11.0 Å². The molecule has 0 radical (unpaired) electrons. The third-order valence-electron chi connectivity index (χ3n) is 1.56. The third kappa shape index (κ3) is 1.58. The van der Waals surface area contributed by atoms with Crippen molar-refractivity contribution in [3.8, 4) is 0 Å². The maximum Gasteiger partial charge on any atom is 0.224 e. The first-order chi connectivity index (χ1) is 5.52. The highest BCUT2D eigenvalue weighted by Crippen LogP contribution is 2.10. The van der Waals surface area contributed by atoms with E-state index in [1.165, 1.54) is 4.57 Å². The topological polar surface area (TPSA) is 44.9 Å². The number of nitrogens with one attached hydrogen (secondary N) is 1. The molecule has 1 heterocycles. The van der Waals surface area contributed by atoms with Gasteiger partial charge in [-0.25, -0.2) is 0 Å². The van der Waals surface area contributed by atoms with Crippen molar-refractivity contribution in [2.45, 2.75) is 0 Å². The van der Waals surface area contributed by atoms with E-state index in [1.54, 1.807) is 13.1 Å². The SMILES string of the molecule is CN(C)c1cc(Cl)n(C)c(=N)n1. The monoisotopic (exact) mass is 186 g/mol. The van der Waals surface area contributed by atoms with Crippen LogP contribution < -0.4 is 10.5 Å². The lowest BCUT2D eigenvalue weighted by Gasteiger charge is -2.12. The van der Waals surface area contributed by atoms with Crippen LogP contribution in [0.2, 0.25) is 5.15 Å². The van der Waals surface area contributed by atoms with Crippen LogP contribution >= 0.6 is 11.6 Å². The van der Waals surface area contributed by atoms with Crippen LogP contribution in [0.3, 0.4) is 0 Å². The van der Waals surface area contributed by atoms with Crippen LogP contribution in [0, 0.1) is 5.41 Å². The first-order valence-electron chi connectivity index (χ1n) is 3.48. The van der Waals surface area contributed by atoms with Crippen molar-refractivity contribution in [3.05, 3.63) is 16.8 Å². The summed E-state index contributed by atoms with van der Waals surface area (Å²) in [7, 11) is 5.42. The number of aromatic nitrogens is 2. The Hall–Kier alpha value is -1.03. The molecule has 0 aliphatic heterocycles. The van der Waals surface area contributed by atoms with Crippen LogP contribution in [0.25, 0.3) is 0 Å². The fourth-order valence-electron chi connectivity index (χ4n) is 0.749. The van der Waals surface area contributed by atoms with E-state index in [2.05, 4.69) is 4.98 Å². The van der Waals surface area contributed by atoms with Gasteiger partial charge in [-0.15, -0.1) is 0 Å². The normalized spacial score (nSPS) is 10.0. The standard InChI is InChI=1S/C7H11ClN4/c1-11(2)6-4-5(8)12(3)7(9)10-6/h4,9H,1-3H3. The average Bonchev–Trinajstić information content (AvgIpc) is 1.99. The molecule has 0 aromatic carbocycles. The van der Waals surface area contributed by atoms with Gasteiger partial charge in [0.05, 0.1) is 0 Å². The van der Waals surface area contributed by atoms with Gasteiger partial charge >= 0.3 is 0 Å². The first kappa shape index (κ1) is 9.06. The summed E-state index contributed by atoms with van der Waals surface area (Å²) >= 11 is 5.84. The Bertz CT molecular complexity index is 342. The third-order valence-corrected chi connectivity index (χ3v) is 1.93. The lowest BCUT2D eigenvalue weighted by Crippen LogP contribution is -2.24. The lowest BCUT2D eigenvalue weighted by molar-refractivity contribution is 0.759. The van der Waals surface area contributed by atoms with E-state index in [1.807, 2.05) is 19.0 Å². The Morgan fingerprint density at radius 2 is 2.17 bits per heavy atom. The van der Waals surface area contributed by atoms with E-state index >= 15 is 0 Å². The van der Waals surface area contributed by atoms with E-state index in [-0.39, 0.29) is 5.62 Å². The zero-order chi connectivity index (χ0) is 9.30. The summed E-state index contributed by atoms with van der Waals surface area (Å²) in [6, 6.07) is 1.72. The number of hydrogen-bond donors (Lipinski definition) is 1. The van der Waals surface area contributed by atoms with Gasteiger partial charge in [-0.3, -0.25) is 5.41 Å². The maximum atomic E-state index is 7.44. The molecule has 0 fully saturated rings. The summed E-state index contributed by atoms with van der Waals surface area (Å²) in [4.78, 5) is 5.81. The van der Waals surface area contributed by atoms with Crippen LogP contribution in [0.15, 0.2) is 6.07 Å². The van der Waals surface area contributed by atoms with Gasteiger partial charge in [0, 0.05) is 27.2 Å². The molecule has 5 heteroatoms. The number of hydrogen-bond acceptors (Lipinski definition) is 3. The van der Waals surface area contributed by atoms with Gasteiger partial charge in [0.1, 0.15) is 11.0 Å². The molecule has 12 heavy (non-hydrogen) atoms. The van der Waals surface area contributed by atoms with Crippen molar-refractivity contribution in [3.63, 3.8) is 0 Å². The summed E-state index contributed by atoms with van der Waals surface area (Å²) < 4.78 is 1.51. The van der Waals surface area contributed by atoms with Crippen molar-refractivity contribution in [1.29, 1.82) is 5.41 Å². The van der Waals surface area contributed by atoms with E-state index in [9.17, 15) is 0 Å². The molecule has 1 aromatic heterocycles. The van der Waals surface area contributed by atoms with Gasteiger partial charge < -0.3 is 9.47 Å². The minimum Gasteiger partial charge on any atom is -0.363 e. The number of nitrogens with zero attached hydrogens (tertiary/aromatic N) is 3. The van der Waals surface area contributed by atoms with Crippen molar-refractivity contribution in [1.82, 2.24) is 9.55 Å². The fraction of sp³-hybridized carbons (Fsp3) is 0.429. The van der Waals surface area contributed by atoms with E-state index in [4.69, 9.17) is 17.0 Å². The van der Waals surface area contributed by atoms with E-state index < -0.39 is 0 Å². The van der Waals surface area contributed by atoms with E-state index in [0.717, 1.165) is 0 Å². The van der Waals surface area contributed by atoms with Crippen molar-refractivity contribution < 1.29 is 0 Å². The van der Waals surface area contributed by atoms with Crippen LogP contribution in [-0.2, 0) is 7.05 Å². The van der Waals surface area contributed by atoms with Crippen molar-refractivity contribution in [2.24, 2.45) is 7.05 Å². The average molecular weight is 187 g/mol. The molecule has 0 saturated heterocycles. The van der Waals surface area contributed by atoms with Gasteiger partial charge in [-0.1, -0.05) is 11.6 Å². The van der Waals surface area contributed by atoms with Crippen LogP contribution in [-0.4, -0.2) is 23.6 Å². The van der Waals surface area contributed by atoms with Crippen molar-refractivity contribution >= 4 is 17.4 Å². The van der Waals surface area contributed by atoms with Crippen LogP contribution in [0.1, 0.15) is 0 Å². The van der Waals surface area contributed by atoms with Gasteiger partial charge in [-0.2, -0.15) is 4.98 Å². The highest BCUT2D eigenvalue weighted by atomic mass is 35.5. The molecule has 0 saturated carbocycles. The largest absolute Gasteiger partial charge is 0.363 e. The molecule has 0 spiro atoms. The van der Waals surface area contributed by atoms with Gasteiger partial charge in [0.2, 0.25) is 5.62 Å². The minimum absolute atomic E-state index is 0.159. The van der Waals surface area contributed by atoms with Gasteiger partial charge in [-0.05, 0) is 0 Å². The zero-order valence-electron chi connectivity index (χ0n) is 7.30. The number of halogens is 1. The number of rotatable bonds is 1. The molecule has 0 unspecified atom stereocenters.